The molecule has 0 atom stereocenters. The van der Waals surface area contributed by atoms with Gasteiger partial charge in [-0.2, -0.15) is 24.6 Å². The van der Waals surface area contributed by atoms with Crippen molar-refractivity contribution in [3.63, 3.8) is 0 Å². The second-order valence-electron chi connectivity index (χ2n) is 8.82. The molecule has 1 aromatic carbocycles. The molecule has 0 N–H and O–H groups in total. The van der Waals surface area contributed by atoms with Crippen molar-refractivity contribution in [2.75, 3.05) is 0 Å². The Labute approximate surface area is 247 Å². The van der Waals surface area contributed by atoms with E-state index in [4.69, 9.17) is 19.7 Å². The largest absolute Gasteiger partial charge is 0.270 e. The molecule has 5 rings (SSSR count). The molecule has 0 amide bonds. The van der Waals surface area contributed by atoms with E-state index in [9.17, 15) is 35.1 Å². The maximum Gasteiger partial charge on any atom is 0.270 e. The van der Waals surface area contributed by atoms with Gasteiger partial charge in [0.05, 0.1) is 37.4 Å². The lowest BCUT2D eigenvalue weighted by Gasteiger charge is -2.13. The van der Waals surface area contributed by atoms with Crippen molar-refractivity contribution in [3.8, 4) is 30.3 Å². The van der Waals surface area contributed by atoms with Gasteiger partial charge in [-0.3, -0.25) is 0 Å². The lowest BCUT2D eigenvalue weighted by molar-refractivity contribution is 0.581. The van der Waals surface area contributed by atoms with Gasteiger partial charge in [0, 0.05) is 22.3 Å². The fourth-order valence-electron chi connectivity index (χ4n) is 5.17. The first-order chi connectivity index (χ1) is 21.3. The highest BCUT2D eigenvalue weighted by Gasteiger charge is 2.38. The van der Waals surface area contributed by atoms with Gasteiger partial charge in [-0.05, 0) is 63.7 Å². The number of halogens is 2. The van der Waals surface area contributed by atoms with Crippen LogP contribution in [0.15, 0.2) is 47.8 Å². The molecule has 0 radical (unpaired) electrons. The van der Waals surface area contributed by atoms with Crippen molar-refractivity contribution in [2.24, 2.45) is 0 Å². The van der Waals surface area contributed by atoms with E-state index < -0.39 is 34.7 Å². The number of fused-ring (bicyclic) bond motifs is 2. The fraction of sp³-hybridized carbons (Fsp3) is 0. The third kappa shape index (κ3) is 3.93. The standard InChI is InChI=1S/C32H6F2N10/c1-40-24(13-38)29-18-9-19-20(8-17(18)21(10-35)28(29)15-4-6-26(33)43-22(15)11-36)32(42-3)31(30(19)25(14-39)41-2)16-5-7-27(34)44-23(16)12-37/h4-9H/b29-24+,30-25-. The summed E-state index contributed by atoms with van der Waals surface area (Å²) in [7, 11) is 0. The van der Waals surface area contributed by atoms with Crippen molar-refractivity contribution in [1.29, 1.82) is 26.3 Å². The summed E-state index contributed by atoms with van der Waals surface area (Å²) in [5.41, 5.74) is -1.80. The van der Waals surface area contributed by atoms with E-state index in [0.717, 1.165) is 12.1 Å². The van der Waals surface area contributed by atoms with Crippen LogP contribution in [-0.2, 0) is 0 Å². The molecule has 0 spiro atoms. The topological polar surface area (TPSA) is 158 Å². The van der Waals surface area contributed by atoms with Crippen molar-refractivity contribution >= 4 is 33.6 Å². The highest BCUT2D eigenvalue weighted by molar-refractivity contribution is 6.29. The van der Waals surface area contributed by atoms with Crippen molar-refractivity contribution in [3.05, 3.63) is 139 Å². The van der Waals surface area contributed by atoms with Crippen molar-refractivity contribution in [1.82, 2.24) is 9.97 Å². The Morgan fingerprint density at radius 2 is 1.09 bits per heavy atom. The number of benzene rings is 1. The number of aromatic nitrogens is 2. The smallest absolute Gasteiger partial charge is 0.237 e. The quantitative estimate of drug-likeness (QED) is 0.207. The molecule has 0 saturated heterocycles. The van der Waals surface area contributed by atoms with E-state index >= 15 is 0 Å². The molecule has 10 nitrogen and oxygen atoms in total. The highest BCUT2D eigenvalue weighted by atomic mass is 19.1. The van der Waals surface area contributed by atoms with Gasteiger partial charge in [-0.15, -0.1) is 0 Å². The highest BCUT2D eigenvalue weighted by Crippen LogP contribution is 2.55. The number of pyridine rings is 2. The molecule has 0 saturated carbocycles. The Bertz CT molecular complexity index is 2190. The van der Waals surface area contributed by atoms with E-state index in [1.165, 1.54) is 24.3 Å². The van der Waals surface area contributed by atoms with Gasteiger partial charge >= 0.3 is 0 Å². The molecule has 44 heavy (non-hydrogen) atoms. The summed E-state index contributed by atoms with van der Waals surface area (Å²) < 4.78 is 27.9. The van der Waals surface area contributed by atoms with Gasteiger partial charge in [0.1, 0.15) is 23.9 Å². The van der Waals surface area contributed by atoms with Gasteiger partial charge in [0.25, 0.3) is 11.4 Å². The second kappa shape index (κ2) is 10.7. The molecule has 0 bridgehead atoms. The normalized spacial score (nSPS) is 14.8. The van der Waals surface area contributed by atoms with Crippen LogP contribution in [0.4, 0.5) is 8.78 Å². The number of nitriles is 5. The molecule has 0 aliphatic heterocycles. The molecule has 2 aliphatic carbocycles. The summed E-state index contributed by atoms with van der Waals surface area (Å²) >= 11 is 0. The third-order valence-electron chi connectivity index (χ3n) is 6.81. The second-order valence-corrected chi connectivity index (χ2v) is 8.82. The van der Waals surface area contributed by atoms with Gasteiger partial charge in [-0.25, -0.2) is 35.0 Å². The Kier molecular flexibility index (Phi) is 6.75. The Morgan fingerprint density at radius 1 is 0.614 bits per heavy atom. The number of allylic oxidation sites excluding steroid dienone is 7. The monoisotopic (exact) mass is 568 g/mol. The molecule has 0 unspecified atom stereocenters. The van der Waals surface area contributed by atoms with E-state index in [1.54, 1.807) is 24.3 Å². The molecular weight excluding hydrogens is 562 g/mol. The van der Waals surface area contributed by atoms with Gasteiger partial charge in [-0.1, -0.05) is 6.07 Å². The molecule has 2 heterocycles. The zero-order valence-corrected chi connectivity index (χ0v) is 21.7. The fourth-order valence-corrected chi connectivity index (χ4v) is 5.17. The molecule has 198 valence electrons. The van der Waals surface area contributed by atoms with Crippen LogP contribution in [0, 0.1) is 88.3 Å². The predicted molar refractivity (Wildman–Crippen MR) is 148 cm³/mol. The first-order valence-corrected chi connectivity index (χ1v) is 12.0. The first-order valence-electron chi connectivity index (χ1n) is 12.0. The SMILES string of the molecule is [C-]#[N+]C1=C(c2ccc(F)nc2C#N)/C(=C(/C#N)[N+]#[C-])c2cc3c(cc21)C(C#N)=C(c1ccc(F)nc1C#N)/C3=C(\C#N)[N+]#[C-]. The van der Waals surface area contributed by atoms with Gasteiger partial charge in [0.15, 0.2) is 5.69 Å². The zero-order chi connectivity index (χ0) is 31.7. The summed E-state index contributed by atoms with van der Waals surface area (Å²) in [6.07, 6.45) is 0. The van der Waals surface area contributed by atoms with Crippen LogP contribution in [0.25, 0.3) is 48.1 Å². The summed E-state index contributed by atoms with van der Waals surface area (Å²) in [4.78, 5) is 17.4. The number of hydrogen-bond donors (Lipinski definition) is 0. The van der Waals surface area contributed by atoms with Gasteiger partial charge < -0.3 is 0 Å². The molecule has 0 fully saturated rings. The van der Waals surface area contributed by atoms with Crippen LogP contribution >= 0.6 is 0 Å². The van der Waals surface area contributed by atoms with Crippen LogP contribution in [0.3, 0.4) is 0 Å². The Morgan fingerprint density at radius 3 is 1.55 bits per heavy atom. The van der Waals surface area contributed by atoms with Crippen LogP contribution in [0.2, 0.25) is 0 Å². The van der Waals surface area contributed by atoms with Crippen LogP contribution in [0.1, 0.15) is 44.8 Å². The average molecular weight is 568 g/mol. The number of nitrogens with zero attached hydrogens (tertiary/aromatic N) is 10. The van der Waals surface area contributed by atoms with Crippen LogP contribution < -0.4 is 0 Å². The van der Waals surface area contributed by atoms with Crippen molar-refractivity contribution in [2.45, 2.75) is 0 Å². The molecular formula is C32H6F2N10. The summed E-state index contributed by atoms with van der Waals surface area (Å²) in [5.74, 6) is -1.94. The maximum atomic E-state index is 13.9. The van der Waals surface area contributed by atoms with E-state index in [1.807, 2.05) is 6.07 Å². The third-order valence-corrected chi connectivity index (χ3v) is 6.81. The zero-order valence-electron chi connectivity index (χ0n) is 21.7. The molecule has 3 aromatic rings. The van der Waals surface area contributed by atoms with E-state index in [0.29, 0.717) is 0 Å². The Hall–Kier alpha value is -7.74. The van der Waals surface area contributed by atoms with E-state index in [-0.39, 0.29) is 66.9 Å². The number of hydrogen-bond acceptors (Lipinski definition) is 7. The number of rotatable bonds is 2. The minimum Gasteiger partial charge on any atom is -0.237 e. The maximum absolute atomic E-state index is 13.9. The van der Waals surface area contributed by atoms with Crippen molar-refractivity contribution < 1.29 is 8.78 Å². The minimum atomic E-state index is -0.973. The van der Waals surface area contributed by atoms with Crippen LogP contribution in [-0.4, -0.2) is 9.97 Å². The van der Waals surface area contributed by atoms with E-state index in [2.05, 4.69) is 24.5 Å². The van der Waals surface area contributed by atoms with Crippen LogP contribution in [0.5, 0.6) is 0 Å². The average Bonchev–Trinajstić information content (AvgIpc) is 3.52. The summed E-state index contributed by atoms with van der Waals surface area (Å²) in [6, 6.07) is 16.2. The Balaban J connectivity index is 1.98. The predicted octanol–water partition coefficient (Wildman–Crippen LogP) is 6.06. The molecule has 2 aromatic heterocycles. The molecule has 12 heteroatoms. The minimum absolute atomic E-state index is 0.0231. The lowest BCUT2D eigenvalue weighted by atomic mass is 9.90. The molecule has 2 aliphatic rings. The summed E-state index contributed by atoms with van der Waals surface area (Å²) in [5, 5.41) is 49.5. The lowest BCUT2D eigenvalue weighted by Crippen LogP contribution is -1.99. The van der Waals surface area contributed by atoms with Gasteiger partial charge in [0.2, 0.25) is 17.6 Å². The summed E-state index contributed by atoms with van der Waals surface area (Å²) in [6.45, 7) is 23.3. The first kappa shape index (κ1) is 27.8.